The summed E-state index contributed by atoms with van der Waals surface area (Å²) < 4.78 is 22.3. The van der Waals surface area contributed by atoms with E-state index in [0.717, 1.165) is 6.26 Å². The second kappa shape index (κ2) is 4.36. The Balaban J connectivity index is 4.21. The van der Waals surface area contributed by atoms with Crippen molar-refractivity contribution in [3.63, 3.8) is 0 Å². The monoisotopic (exact) mass is 211 g/mol. The number of sulfone groups is 1. The normalized spacial score (nSPS) is 15.8. The molecule has 0 aromatic heterocycles. The first kappa shape index (κ1) is 12.8. The van der Waals surface area contributed by atoms with Gasteiger partial charge < -0.3 is 10.2 Å². The smallest absolute Gasteiger partial charge is 0.165 e. The zero-order valence-corrected chi connectivity index (χ0v) is 8.93. The highest BCUT2D eigenvalue weighted by molar-refractivity contribution is 7.92. The fourth-order valence-electron chi connectivity index (χ4n) is 0.559. The summed E-state index contributed by atoms with van der Waals surface area (Å²) in [6, 6.07) is 0. The highest BCUT2D eigenvalue weighted by atomic mass is 32.2. The van der Waals surface area contributed by atoms with Gasteiger partial charge in [0.1, 0.15) is 4.87 Å². The fraction of sp³-hybridized carbons (Fsp3) is 1.00. The van der Waals surface area contributed by atoms with E-state index in [1.54, 1.807) is 0 Å². The van der Waals surface area contributed by atoms with Gasteiger partial charge in [0.2, 0.25) is 0 Å². The van der Waals surface area contributed by atoms with E-state index in [9.17, 15) is 8.42 Å². The standard InChI is InChI=1S/C7H17NO4S/c1-7(2,13(3,11)12)8-4-6(10)5-9/h6,8-10H,4-5H2,1-3H3/t6-/m0/s1. The van der Waals surface area contributed by atoms with Gasteiger partial charge in [0.25, 0.3) is 0 Å². The minimum atomic E-state index is -3.21. The molecule has 6 heteroatoms. The van der Waals surface area contributed by atoms with Crippen molar-refractivity contribution < 1.29 is 18.6 Å². The summed E-state index contributed by atoms with van der Waals surface area (Å²) in [7, 11) is -3.21. The van der Waals surface area contributed by atoms with Gasteiger partial charge in [-0.05, 0) is 13.8 Å². The molecule has 0 fully saturated rings. The summed E-state index contributed by atoms with van der Waals surface area (Å²) in [5, 5.41) is 20.1. The molecule has 5 nitrogen and oxygen atoms in total. The third kappa shape index (κ3) is 4.04. The van der Waals surface area contributed by atoms with Crippen LogP contribution in [0.3, 0.4) is 0 Å². The third-order valence-corrected chi connectivity index (χ3v) is 3.90. The van der Waals surface area contributed by atoms with Crippen LogP contribution in [-0.4, -0.2) is 49.0 Å². The third-order valence-electron chi connectivity index (χ3n) is 1.90. The minimum Gasteiger partial charge on any atom is -0.394 e. The van der Waals surface area contributed by atoms with Crippen molar-refractivity contribution in [2.24, 2.45) is 0 Å². The van der Waals surface area contributed by atoms with Crippen LogP contribution in [-0.2, 0) is 9.84 Å². The van der Waals surface area contributed by atoms with Crippen molar-refractivity contribution in [1.82, 2.24) is 5.32 Å². The molecule has 13 heavy (non-hydrogen) atoms. The van der Waals surface area contributed by atoms with Crippen molar-refractivity contribution in [1.29, 1.82) is 0 Å². The summed E-state index contributed by atoms with van der Waals surface area (Å²) in [5.74, 6) is 0. The second-order valence-corrected chi connectivity index (χ2v) is 6.06. The lowest BCUT2D eigenvalue weighted by Gasteiger charge is -2.25. The fourth-order valence-corrected chi connectivity index (χ4v) is 0.905. The van der Waals surface area contributed by atoms with Crippen molar-refractivity contribution in [3.8, 4) is 0 Å². The van der Waals surface area contributed by atoms with Gasteiger partial charge in [-0.3, -0.25) is 5.32 Å². The average Bonchev–Trinajstić information content (AvgIpc) is 1.98. The summed E-state index contributed by atoms with van der Waals surface area (Å²) in [6.07, 6.45) is 0.187. The van der Waals surface area contributed by atoms with Crippen molar-refractivity contribution in [3.05, 3.63) is 0 Å². The van der Waals surface area contributed by atoms with Gasteiger partial charge in [0.05, 0.1) is 12.7 Å². The molecule has 0 rings (SSSR count). The summed E-state index contributed by atoms with van der Waals surface area (Å²) in [6.45, 7) is 2.68. The van der Waals surface area contributed by atoms with E-state index in [2.05, 4.69) is 5.32 Å². The van der Waals surface area contributed by atoms with Crippen molar-refractivity contribution in [2.45, 2.75) is 24.8 Å². The lowest BCUT2D eigenvalue weighted by Crippen LogP contribution is -2.49. The Morgan fingerprint density at radius 1 is 1.46 bits per heavy atom. The van der Waals surface area contributed by atoms with Crippen LogP contribution in [0.5, 0.6) is 0 Å². The number of hydrogen-bond acceptors (Lipinski definition) is 5. The summed E-state index contributed by atoms with van der Waals surface area (Å²) in [4.78, 5) is -1.08. The Hall–Kier alpha value is -0.170. The predicted molar refractivity (Wildman–Crippen MR) is 50.0 cm³/mol. The number of aliphatic hydroxyl groups excluding tert-OH is 2. The Morgan fingerprint density at radius 3 is 2.23 bits per heavy atom. The average molecular weight is 211 g/mol. The molecule has 3 N–H and O–H groups in total. The number of nitrogens with one attached hydrogen (secondary N) is 1. The molecular weight excluding hydrogens is 194 g/mol. The molecule has 0 radical (unpaired) electrons. The molecule has 0 amide bonds. The van der Waals surface area contributed by atoms with Gasteiger partial charge in [-0.1, -0.05) is 0 Å². The molecule has 0 saturated heterocycles. The Kier molecular flexibility index (Phi) is 4.31. The Bertz CT molecular complexity index is 247. The predicted octanol–water partition coefficient (Wildman–Crippen LogP) is -1.29. The molecule has 0 spiro atoms. The molecule has 0 saturated carbocycles. The van der Waals surface area contributed by atoms with E-state index in [1.165, 1.54) is 13.8 Å². The van der Waals surface area contributed by atoms with Gasteiger partial charge in [-0.2, -0.15) is 0 Å². The largest absolute Gasteiger partial charge is 0.394 e. The van der Waals surface area contributed by atoms with Crippen LogP contribution in [0.2, 0.25) is 0 Å². The van der Waals surface area contributed by atoms with Crippen LogP contribution in [0.15, 0.2) is 0 Å². The SMILES string of the molecule is CC(C)(NC[C@H](O)CO)S(C)(=O)=O. The maximum atomic E-state index is 11.1. The molecule has 0 aromatic rings. The van der Waals surface area contributed by atoms with Crippen LogP contribution in [0.1, 0.15) is 13.8 Å². The van der Waals surface area contributed by atoms with Crippen LogP contribution >= 0.6 is 0 Å². The van der Waals surface area contributed by atoms with Gasteiger partial charge in [0, 0.05) is 12.8 Å². The lowest BCUT2D eigenvalue weighted by atomic mass is 10.3. The number of rotatable bonds is 5. The molecule has 80 valence electrons. The van der Waals surface area contributed by atoms with E-state index in [-0.39, 0.29) is 13.2 Å². The van der Waals surface area contributed by atoms with E-state index >= 15 is 0 Å². The minimum absolute atomic E-state index is 0.0522. The van der Waals surface area contributed by atoms with Crippen LogP contribution in [0.25, 0.3) is 0 Å². The van der Waals surface area contributed by atoms with Crippen LogP contribution < -0.4 is 5.32 Å². The molecular formula is C7H17NO4S. The van der Waals surface area contributed by atoms with Gasteiger partial charge >= 0.3 is 0 Å². The number of hydrogen-bond donors (Lipinski definition) is 3. The Morgan fingerprint density at radius 2 is 1.92 bits per heavy atom. The first-order chi connectivity index (χ1) is 5.70. The highest BCUT2D eigenvalue weighted by Crippen LogP contribution is 2.10. The zero-order valence-electron chi connectivity index (χ0n) is 8.11. The molecule has 0 heterocycles. The van der Waals surface area contributed by atoms with E-state index in [1.807, 2.05) is 0 Å². The van der Waals surface area contributed by atoms with Crippen LogP contribution in [0, 0.1) is 0 Å². The maximum Gasteiger partial charge on any atom is 0.165 e. The number of aliphatic hydroxyl groups is 2. The summed E-state index contributed by atoms with van der Waals surface area (Å²) in [5.41, 5.74) is 0. The molecule has 0 aliphatic carbocycles. The van der Waals surface area contributed by atoms with Gasteiger partial charge in [-0.25, -0.2) is 8.42 Å². The topological polar surface area (TPSA) is 86.6 Å². The molecule has 0 unspecified atom stereocenters. The second-order valence-electron chi connectivity index (χ2n) is 3.50. The first-order valence-electron chi connectivity index (χ1n) is 3.94. The van der Waals surface area contributed by atoms with E-state index < -0.39 is 20.8 Å². The van der Waals surface area contributed by atoms with Crippen molar-refractivity contribution in [2.75, 3.05) is 19.4 Å². The van der Waals surface area contributed by atoms with Crippen LogP contribution in [0.4, 0.5) is 0 Å². The quantitative estimate of drug-likeness (QED) is 0.527. The molecule has 0 aliphatic heterocycles. The molecule has 0 bridgehead atoms. The summed E-state index contributed by atoms with van der Waals surface area (Å²) >= 11 is 0. The van der Waals surface area contributed by atoms with E-state index in [0.29, 0.717) is 0 Å². The highest BCUT2D eigenvalue weighted by Gasteiger charge is 2.29. The lowest BCUT2D eigenvalue weighted by molar-refractivity contribution is 0.0915. The van der Waals surface area contributed by atoms with Gasteiger partial charge in [0.15, 0.2) is 9.84 Å². The Labute approximate surface area is 78.7 Å². The molecule has 1 atom stereocenters. The molecule has 0 aliphatic rings. The van der Waals surface area contributed by atoms with Crippen molar-refractivity contribution >= 4 is 9.84 Å². The maximum absolute atomic E-state index is 11.1. The zero-order chi connectivity index (χ0) is 10.7. The van der Waals surface area contributed by atoms with E-state index in [4.69, 9.17) is 10.2 Å². The molecule has 0 aromatic carbocycles. The first-order valence-corrected chi connectivity index (χ1v) is 5.83. The van der Waals surface area contributed by atoms with Gasteiger partial charge in [-0.15, -0.1) is 0 Å².